The van der Waals surface area contributed by atoms with E-state index in [0.29, 0.717) is 6.42 Å². The van der Waals surface area contributed by atoms with E-state index in [1.165, 1.54) is 23.5 Å². The molecule has 1 aromatic carbocycles. The van der Waals surface area contributed by atoms with E-state index >= 15 is 0 Å². The molecule has 0 aliphatic rings. The predicted molar refractivity (Wildman–Crippen MR) is 61.5 cm³/mol. The van der Waals surface area contributed by atoms with E-state index in [1.807, 2.05) is 13.8 Å². The summed E-state index contributed by atoms with van der Waals surface area (Å²) in [5.74, 6) is -0.218. The highest BCUT2D eigenvalue weighted by Crippen LogP contribution is 2.24. The van der Waals surface area contributed by atoms with Gasteiger partial charge in [0, 0.05) is 12.0 Å². The van der Waals surface area contributed by atoms with Crippen LogP contribution in [0.15, 0.2) is 18.2 Å². The molecule has 15 heavy (non-hydrogen) atoms. The van der Waals surface area contributed by atoms with Crippen molar-refractivity contribution in [2.75, 3.05) is 0 Å². The SMILES string of the molecule is CC(C)(N)Cc1nc2ccc(F)cc2s1. The normalized spacial score (nSPS) is 12.3. The summed E-state index contributed by atoms with van der Waals surface area (Å²) in [6, 6.07) is 4.65. The number of aromatic nitrogens is 1. The molecule has 1 aromatic heterocycles. The van der Waals surface area contributed by atoms with Crippen LogP contribution in [0, 0.1) is 5.82 Å². The Morgan fingerprint density at radius 1 is 1.47 bits per heavy atom. The quantitative estimate of drug-likeness (QED) is 0.851. The zero-order chi connectivity index (χ0) is 11.1. The van der Waals surface area contributed by atoms with E-state index in [9.17, 15) is 4.39 Å². The van der Waals surface area contributed by atoms with Gasteiger partial charge in [-0.1, -0.05) is 0 Å². The summed E-state index contributed by atoms with van der Waals surface area (Å²) < 4.78 is 13.8. The number of rotatable bonds is 2. The minimum Gasteiger partial charge on any atom is -0.325 e. The Balaban J connectivity index is 2.39. The molecule has 1 heterocycles. The van der Waals surface area contributed by atoms with Crippen LogP contribution in [0.2, 0.25) is 0 Å². The lowest BCUT2D eigenvalue weighted by Crippen LogP contribution is -2.34. The number of fused-ring (bicyclic) bond motifs is 1. The first-order valence-corrected chi connectivity index (χ1v) is 5.59. The van der Waals surface area contributed by atoms with Gasteiger partial charge in [0.05, 0.1) is 15.2 Å². The Kier molecular flexibility index (Phi) is 2.48. The molecule has 0 fully saturated rings. The van der Waals surface area contributed by atoms with E-state index in [2.05, 4.69) is 4.98 Å². The zero-order valence-electron chi connectivity index (χ0n) is 8.75. The number of nitrogens with two attached hydrogens (primary N) is 1. The van der Waals surface area contributed by atoms with Gasteiger partial charge in [-0.2, -0.15) is 0 Å². The third-order valence-corrected chi connectivity index (χ3v) is 3.02. The predicted octanol–water partition coefficient (Wildman–Crippen LogP) is 2.72. The summed E-state index contributed by atoms with van der Waals surface area (Å²) in [7, 11) is 0. The molecule has 0 atom stereocenters. The minimum atomic E-state index is -0.271. The molecule has 0 saturated heterocycles. The van der Waals surface area contributed by atoms with Gasteiger partial charge >= 0.3 is 0 Å². The minimum absolute atomic E-state index is 0.218. The molecule has 0 radical (unpaired) electrons. The highest BCUT2D eigenvalue weighted by molar-refractivity contribution is 7.18. The lowest BCUT2D eigenvalue weighted by molar-refractivity contribution is 0.516. The smallest absolute Gasteiger partial charge is 0.124 e. The molecular weight excluding hydrogens is 211 g/mol. The van der Waals surface area contributed by atoms with Crippen molar-refractivity contribution in [3.05, 3.63) is 29.0 Å². The molecule has 2 aromatic rings. The van der Waals surface area contributed by atoms with Crippen molar-refractivity contribution in [1.29, 1.82) is 0 Å². The molecule has 0 amide bonds. The van der Waals surface area contributed by atoms with Crippen molar-refractivity contribution in [3.8, 4) is 0 Å². The second-order valence-electron chi connectivity index (χ2n) is 4.39. The highest BCUT2D eigenvalue weighted by atomic mass is 32.1. The number of halogens is 1. The maximum atomic E-state index is 12.9. The third kappa shape index (κ3) is 2.52. The monoisotopic (exact) mass is 224 g/mol. The Hall–Kier alpha value is -1.000. The molecule has 80 valence electrons. The number of hydrogen-bond donors (Lipinski definition) is 1. The zero-order valence-corrected chi connectivity index (χ0v) is 9.57. The second-order valence-corrected chi connectivity index (χ2v) is 5.50. The van der Waals surface area contributed by atoms with Gasteiger partial charge in [-0.05, 0) is 32.0 Å². The molecule has 2 rings (SSSR count). The molecular formula is C11H13FN2S. The van der Waals surface area contributed by atoms with Gasteiger partial charge in [0.1, 0.15) is 5.82 Å². The van der Waals surface area contributed by atoms with Crippen LogP contribution >= 0.6 is 11.3 Å². The van der Waals surface area contributed by atoms with Gasteiger partial charge in [-0.3, -0.25) is 0 Å². The number of thiazole rings is 1. The van der Waals surface area contributed by atoms with E-state index in [4.69, 9.17) is 5.73 Å². The van der Waals surface area contributed by atoms with Crippen molar-refractivity contribution in [2.24, 2.45) is 5.73 Å². The van der Waals surface area contributed by atoms with E-state index in [-0.39, 0.29) is 11.4 Å². The molecule has 2 N–H and O–H groups in total. The first-order valence-electron chi connectivity index (χ1n) is 4.78. The fourth-order valence-electron chi connectivity index (χ4n) is 1.41. The maximum Gasteiger partial charge on any atom is 0.124 e. The van der Waals surface area contributed by atoms with Crippen LogP contribution in [0.3, 0.4) is 0 Å². The molecule has 0 aliphatic carbocycles. The van der Waals surface area contributed by atoms with E-state index in [0.717, 1.165) is 15.2 Å². The first kappa shape index (κ1) is 10.5. The Morgan fingerprint density at radius 3 is 2.87 bits per heavy atom. The van der Waals surface area contributed by atoms with Crippen LogP contribution < -0.4 is 5.73 Å². The number of hydrogen-bond acceptors (Lipinski definition) is 3. The Morgan fingerprint density at radius 2 is 2.20 bits per heavy atom. The third-order valence-electron chi connectivity index (χ3n) is 2.00. The van der Waals surface area contributed by atoms with Gasteiger partial charge < -0.3 is 5.73 Å². The topological polar surface area (TPSA) is 38.9 Å². The average molecular weight is 224 g/mol. The summed E-state index contributed by atoms with van der Waals surface area (Å²) in [6.45, 7) is 3.92. The van der Waals surface area contributed by atoms with E-state index < -0.39 is 0 Å². The molecule has 0 bridgehead atoms. The Bertz CT molecular complexity index is 485. The van der Waals surface area contributed by atoms with Crippen molar-refractivity contribution in [1.82, 2.24) is 4.98 Å². The van der Waals surface area contributed by atoms with Crippen LogP contribution in [0.4, 0.5) is 4.39 Å². The van der Waals surface area contributed by atoms with Crippen molar-refractivity contribution < 1.29 is 4.39 Å². The molecule has 0 unspecified atom stereocenters. The average Bonchev–Trinajstić information content (AvgIpc) is 2.42. The van der Waals surface area contributed by atoms with Crippen LogP contribution in [0.25, 0.3) is 10.2 Å². The fraction of sp³-hybridized carbons (Fsp3) is 0.364. The highest BCUT2D eigenvalue weighted by Gasteiger charge is 2.15. The van der Waals surface area contributed by atoms with Gasteiger partial charge in [-0.25, -0.2) is 9.37 Å². The van der Waals surface area contributed by atoms with Gasteiger partial charge in [0.25, 0.3) is 0 Å². The number of benzene rings is 1. The maximum absolute atomic E-state index is 12.9. The van der Waals surface area contributed by atoms with Crippen LogP contribution in [0.1, 0.15) is 18.9 Å². The first-order chi connectivity index (χ1) is 6.94. The fourth-order valence-corrected chi connectivity index (χ4v) is 2.64. The van der Waals surface area contributed by atoms with Crippen molar-refractivity contribution >= 4 is 21.6 Å². The molecule has 2 nitrogen and oxygen atoms in total. The lowest BCUT2D eigenvalue weighted by atomic mass is 10.0. The summed E-state index contributed by atoms with van der Waals surface area (Å²) >= 11 is 1.51. The standard InChI is InChI=1S/C11H13FN2S/c1-11(2,13)6-10-14-8-4-3-7(12)5-9(8)15-10/h3-5H,6,13H2,1-2H3. The summed E-state index contributed by atoms with van der Waals surface area (Å²) in [6.07, 6.45) is 0.716. The van der Waals surface area contributed by atoms with Gasteiger partial charge in [0.15, 0.2) is 0 Å². The number of nitrogens with zero attached hydrogens (tertiary/aromatic N) is 1. The largest absolute Gasteiger partial charge is 0.325 e. The van der Waals surface area contributed by atoms with Crippen LogP contribution in [-0.4, -0.2) is 10.5 Å². The summed E-state index contributed by atoms with van der Waals surface area (Å²) in [5.41, 5.74) is 6.49. The summed E-state index contributed by atoms with van der Waals surface area (Å²) in [4.78, 5) is 4.41. The molecule has 4 heteroatoms. The van der Waals surface area contributed by atoms with Gasteiger partial charge in [-0.15, -0.1) is 11.3 Å². The second kappa shape index (κ2) is 3.54. The van der Waals surface area contributed by atoms with Crippen LogP contribution in [0.5, 0.6) is 0 Å². The molecule has 0 spiro atoms. The molecule has 0 saturated carbocycles. The Labute approximate surface area is 91.9 Å². The van der Waals surface area contributed by atoms with Crippen molar-refractivity contribution in [2.45, 2.75) is 25.8 Å². The van der Waals surface area contributed by atoms with E-state index in [1.54, 1.807) is 6.07 Å². The lowest BCUT2D eigenvalue weighted by Gasteiger charge is -2.15. The van der Waals surface area contributed by atoms with Crippen molar-refractivity contribution in [3.63, 3.8) is 0 Å². The van der Waals surface area contributed by atoms with Crippen LogP contribution in [-0.2, 0) is 6.42 Å². The summed E-state index contributed by atoms with van der Waals surface area (Å²) in [5, 5.41) is 0.961. The molecule has 0 aliphatic heterocycles. The van der Waals surface area contributed by atoms with Gasteiger partial charge in [0.2, 0.25) is 0 Å².